The summed E-state index contributed by atoms with van der Waals surface area (Å²) in [5, 5.41) is 5.19. The van der Waals surface area contributed by atoms with Crippen LogP contribution in [0.4, 0.5) is 0 Å². The minimum absolute atomic E-state index is 0.196. The van der Waals surface area contributed by atoms with E-state index in [1.807, 2.05) is 72.8 Å². The van der Waals surface area contributed by atoms with E-state index in [0.29, 0.717) is 11.2 Å². The fourth-order valence-electron chi connectivity index (χ4n) is 4.07. The molecule has 6 aromatic rings. The van der Waals surface area contributed by atoms with Gasteiger partial charge in [0.15, 0.2) is 0 Å². The van der Waals surface area contributed by atoms with Crippen LogP contribution >= 0.6 is 0 Å². The van der Waals surface area contributed by atoms with Crippen molar-refractivity contribution in [3.63, 3.8) is 0 Å². The molecule has 4 nitrogen and oxygen atoms in total. The van der Waals surface area contributed by atoms with Crippen LogP contribution in [0.5, 0.6) is 0 Å². The number of fused-ring (bicyclic) bond motifs is 6. The van der Waals surface area contributed by atoms with Crippen LogP contribution in [0, 0.1) is 0 Å². The van der Waals surface area contributed by atoms with Crippen molar-refractivity contribution in [2.75, 3.05) is 0 Å². The molecule has 30 heavy (non-hydrogen) atoms. The minimum atomic E-state index is -0.564. The summed E-state index contributed by atoms with van der Waals surface area (Å²) in [5.41, 5.74) is 0.289. The van der Waals surface area contributed by atoms with Gasteiger partial charge >= 0.3 is 11.3 Å². The Kier molecular flexibility index (Phi) is 3.44. The van der Waals surface area contributed by atoms with E-state index in [2.05, 4.69) is 0 Å². The normalized spacial score (nSPS) is 11.6. The zero-order valence-electron chi connectivity index (χ0n) is 15.7. The lowest BCUT2D eigenvalue weighted by molar-refractivity contribution is 0.556. The van der Waals surface area contributed by atoms with Crippen molar-refractivity contribution in [2.45, 2.75) is 0 Å². The Morgan fingerprint density at radius 3 is 1.33 bits per heavy atom. The van der Waals surface area contributed by atoms with Gasteiger partial charge in [-0.05, 0) is 22.9 Å². The van der Waals surface area contributed by atoms with Gasteiger partial charge in [-0.1, -0.05) is 72.8 Å². The second-order valence-corrected chi connectivity index (χ2v) is 7.31. The third-order valence-electron chi connectivity index (χ3n) is 5.54. The monoisotopic (exact) mass is 390 g/mol. The molecule has 142 valence electrons. The Morgan fingerprint density at radius 2 is 0.867 bits per heavy atom. The third kappa shape index (κ3) is 2.40. The maximum Gasteiger partial charge on any atom is 0.344 e. The van der Waals surface area contributed by atoms with Gasteiger partial charge in [-0.3, -0.25) is 0 Å². The van der Waals surface area contributed by atoms with Gasteiger partial charge in [-0.25, -0.2) is 9.59 Å². The third-order valence-corrected chi connectivity index (χ3v) is 5.54. The Labute approximate surface area is 169 Å². The predicted molar refractivity (Wildman–Crippen MR) is 119 cm³/mol. The van der Waals surface area contributed by atoms with Gasteiger partial charge in [-0.15, -0.1) is 0 Å². The highest BCUT2D eigenvalue weighted by molar-refractivity contribution is 6.06. The summed E-state index contributed by atoms with van der Waals surface area (Å²) in [6.07, 6.45) is 0. The largest absolute Gasteiger partial charge is 0.422 e. The molecule has 0 aliphatic carbocycles. The average molecular weight is 390 g/mol. The molecule has 4 aromatic carbocycles. The molecule has 0 fully saturated rings. The van der Waals surface area contributed by atoms with E-state index >= 15 is 0 Å². The summed E-state index contributed by atoms with van der Waals surface area (Å²) in [5.74, 6) is 0. The zero-order chi connectivity index (χ0) is 20.2. The average Bonchev–Trinajstić information content (AvgIpc) is 2.78. The lowest BCUT2D eigenvalue weighted by Crippen LogP contribution is -2.11. The van der Waals surface area contributed by atoms with Crippen LogP contribution in [0.15, 0.2) is 103 Å². The molecular weight excluding hydrogens is 376 g/mol. The Morgan fingerprint density at radius 1 is 0.467 bits per heavy atom. The summed E-state index contributed by atoms with van der Waals surface area (Å²) in [6.45, 7) is 0. The fraction of sp³-hybridized carbons (Fsp3) is 0. The van der Waals surface area contributed by atoms with Gasteiger partial charge in [0.1, 0.15) is 11.2 Å². The van der Waals surface area contributed by atoms with Crippen LogP contribution in [0.3, 0.4) is 0 Å². The Bertz CT molecular complexity index is 1610. The van der Waals surface area contributed by atoms with Crippen molar-refractivity contribution in [3.05, 3.63) is 106 Å². The number of benzene rings is 4. The Balaban J connectivity index is 1.65. The van der Waals surface area contributed by atoms with Crippen molar-refractivity contribution in [1.29, 1.82) is 0 Å². The molecule has 0 saturated carbocycles. The molecule has 0 saturated heterocycles. The number of hydrogen-bond donors (Lipinski definition) is 0. The molecule has 6 rings (SSSR count). The van der Waals surface area contributed by atoms with Crippen molar-refractivity contribution in [1.82, 2.24) is 0 Å². The van der Waals surface area contributed by atoms with E-state index in [4.69, 9.17) is 8.83 Å². The van der Waals surface area contributed by atoms with Gasteiger partial charge in [0.05, 0.1) is 11.1 Å². The first-order valence-corrected chi connectivity index (χ1v) is 9.61. The SMILES string of the molecule is O=c1oc2c(ccc3ccccc32)cc1-c1cc2ccc3ccccc3c2oc1=O. The summed E-state index contributed by atoms with van der Waals surface area (Å²) in [4.78, 5) is 25.7. The highest BCUT2D eigenvalue weighted by Gasteiger charge is 2.16. The van der Waals surface area contributed by atoms with Gasteiger partial charge in [0.2, 0.25) is 0 Å². The van der Waals surface area contributed by atoms with E-state index in [0.717, 1.165) is 32.3 Å². The predicted octanol–water partition coefficient (Wildman–Crippen LogP) is 5.87. The van der Waals surface area contributed by atoms with E-state index in [9.17, 15) is 9.59 Å². The summed E-state index contributed by atoms with van der Waals surface area (Å²) < 4.78 is 11.3. The molecule has 0 spiro atoms. The van der Waals surface area contributed by atoms with Crippen LogP contribution in [0.1, 0.15) is 0 Å². The molecule has 0 aliphatic heterocycles. The van der Waals surface area contributed by atoms with Crippen molar-refractivity contribution in [3.8, 4) is 11.1 Å². The summed E-state index contributed by atoms with van der Waals surface area (Å²) >= 11 is 0. The first-order valence-electron chi connectivity index (χ1n) is 9.61. The van der Waals surface area contributed by atoms with E-state index < -0.39 is 11.3 Å². The van der Waals surface area contributed by atoms with Gasteiger partial charge in [0, 0.05) is 21.5 Å². The first kappa shape index (κ1) is 16.7. The lowest BCUT2D eigenvalue weighted by Gasteiger charge is -2.07. The van der Waals surface area contributed by atoms with Crippen LogP contribution in [-0.2, 0) is 0 Å². The quantitative estimate of drug-likeness (QED) is 0.260. The standard InChI is InChI=1S/C26H14O4/c27-25-21(13-17-11-9-15-5-1-3-7-19(15)23(17)29-25)22-14-18-12-10-16-6-2-4-8-20(16)24(18)30-26(22)28/h1-14H. The van der Waals surface area contributed by atoms with Crippen molar-refractivity contribution < 1.29 is 8.83 Å². The van der Waals surface area contributed by atoms with Gasteiger partial charge < -0.3 is 8.83 Å². The summed E-state index contributed by atoms with van der Waals surface area (Å²) in [6, 6.07) is 26.5. The molecule has 0 atom stereocenters. The molecule has 0 unspecified atom stereocenters. The lowest BCUT2D eigenvalue weighted by atomic mass is 10.0. The molecule has 2 heterocycles. The zero-order valence-corrected chi connectivity index (χ0v) is 15.7. The highest BCUT2D eigenvalue weighted by atomic mass is 16.4. The molecule has 0 amide bonds. The molecule has 0 aliphatic rings. The maximum atomic E-state index is 12.8. The van der Waals surface area contributed by atoms with Crippen molar-refractivity contribution in [2.24, 2.45) is 0 Å². The molecule has 0 bridgehead atoms. The maximum absolute atomic E-state index is 12.8. The van der Waals surface area contributed by atoms with Crippen LogP contribution in [0.2, 0.25) is 0 Å². The molecule has 2 aromatic heterocycles. The Hall–Kier alpha value is -4.18. The number of rotatable bonds is 1. The van der Waals surface area contributed by atoms with Crippen molar-refractivity contribution >= 4 is 43.5 Å². The van der Waals surface area contributed by atoms with Crippen LogP contribution in [-0.4, -0.2) is 0 Å². The second kappa shape index (κ2) is 6.16. The number of hydrogen-bond acceptors (Lipinski definition) is 4. The first-order chi connectivity index (χ1) is 14.7. The highest BCUT2D eigenvalue weighted by Crippen LogP contribution is 2.29. The molecule has 0 N–H and O–H groups in total. The van der Waals surface area contributed by atoms with Crippen LogP contribution in [0.25, 0.3) is 54.6 Å². The van der Waals surface area contributed by atoms with E-state index in [1.54, 1.807) is 12.1 Å². The van der Waals surface area contributed by atoms with E-state index in [1.165, 1.54) is 0 Å². The van der Waals surface area contributed by atoms with Gasteiger partial charge in [-0.2, -0.15) is 0 Å². The topological polar surface area (TPSA) is 60.4 Å². The minimum Gasteiger partial charge on any atom is -0.422 e. The fourth-order valence-corrected chi connectivity index (χ4v) is 4.07. The molecule has 4 heteroatoms. The van der Waals surface area contributed by atoms with E-state index in [-0.39, 0.29) is 11.1 Å². The molecule has 0 radical (unpaired) electrons. The smallest absolute Gasteiger partial charge is 0.344 e. The molecular formula is C26H14O4. The summed E-state index contributed by atoms with van der Waals surface area (Å²) in [7, 11) is 0. The van der Waals surface area contributed by atoms with Crippen LogP contribution < -0.4 is 11.3 Å². The van der Waals surface area contributed by atoms with Gasteiger partial charge in [0.25, 0.3) is 0 Å². The second-order valence-electron chi connectivity index (χ2n) is 7.31.